The minimum atomic E-state index is -0.347. The van der Waals surface area contributed by atoms with Gasteiger partial charge < -0.3 is 11.1 Å². The van der Waals surface area contributed by atoms with Crippen LogP contribution in [0.4, 0.5) is 21.5 Å². The zero-order valence-corrected chi connectivity index (χ0v) is 11.0. The van der Waals surface area contributed by atoms with Gasteiger partial charge in [-0.25, -0.2) is 4.39 Å². The quantitative estimate of drug-likeness (QED) is 0.690. The molecule has 1 heterocycles. The van der Waals surface area contributed by atoms with Gasteiger partial charge in [0, 0.05) is 11.1 Å². The highest BCUT2D eigenvalue weighted by Crippen LogP contribution is 2.28. The lowest BCUT2D eigenvalue weighted by Gasteiger charge is -2.11. The van der Waals surface area contributed by atoms with Crippen LogP contribution in [0.25, 0.3) is 10.9 Å². The standard InChI is InChI=1S/C16H14FN3/c1-10-5-6-11-3-2-4-15(16(11)19-10)20-14-8-7-12(17)9-13(14)18/h2-9,20H,18H2,1H3. The number of rotatable bonds is 2. The first kappa shape index (κ1) is 12.4. The minimum absolute atomic E-state index is 0.347. The number of nitrogens with two attached hydrogens (primary N) is 1. The number of nitrogen functional groups attached to an aromatic ring is 1. The van der Waals surface area contributed by atoms with E-state index in [0.29, 0.717) is 11.4 Å². The molecule has 3 aromatic rings. The van der Waals surface area contributed by atoms with Crippen LogP contribution >= 0.6 is 0 Å². The predicted molar refractivity (Wildman–Crippen MR) is 80.6 cm³/mol. The summed E-state index contributed by atoms with van der Waals surface area (Å²) in [6.45, 7) is 1.95. The van der Waals surface area contributed by atoms with Crippen molar-refractivity contribution in [2.45, 2.75) is 6.92 Å². The summed E-state index contributed by atoms with van der Waals surface area (Å²) in [4.78, 5) is 4.54. The Morgan fingerprint density at radius 1 is 1.05 bits per heavy atom. The van der Waals surface area contributed by atoms with E-state index in [4.69, 9.17) is 5.73 Å². The van der Waals surface area contributed by atoms with Crippen LogP contribution in [-0.2, 0) is 0 Å². The maximum Gasteiger partial charge on any atom is 0.125 e. The van der Waals surface area contributed by atoms with E-state index < -0.39 is 0 Å². The number of para-hydroxylation sites is 1. The molecular weight excluding hydrogens is 253 g/mol. The maximum absolute atomic E-state index is 13.1. The fourth-order valence-electron chi connectivity index (χ4n) is 2.14. The Balaban J connectivity index is 2.08. The van der Waals surface area contributed by atoms with Crippen molar-refractivity contribution in [3.8, 4) is 0 Å². The van der Waals surface area contributed by atoms with Gasteiger partial charge >= 0.3 is 0 Å². The van der Waals surface area contributed by atoms with Crippen molar-refractivity contribution >= 4 is 28.0 Å². The van der Waals surface area contributed by atoms with Crippen LogP contribution in [0.2, 0.25) is 0 Å². The molecule has 0 spiro atoms. The second-order valence-electron chi connectivity index (χ2n) is 4.69. The Morgan fingerprint density at radius 2 is 1.90 bits per heavy atom. The molecule has 0 unspecified atom stereocenters. The van der Waals surface area contributed by atoms with Gasteiger partial charge in [0.25, 0.3) is 0 Å². The van der Waals surface area contributed by atoms with Crippen LogP contribution in [0.5, 0.6) is 0 Å². The minimum Gasteiger partial charge on any atom is -0.397 e. The van der Waals surface area contributed by atoms with Gasteiger partial charge in [-0.2, -0.15) is 0 Å². The van der Waals surface area contributed by atoms with Gasteiger partial charge in [0.2, 0.25) is 0 Å². The highest BCUT2D eigenvalue weighted by atomic mass is 19.1. The van der Waals surface area contributed by atoms with Gasteiger partial charge in [0.15, 0.2) is 0 Å². The molecule has 3 N–H and O–H groups in total. The number of fused-ring (bicyclic) bond motifs is 1. The summed E-state index contributed by atoms with van der Waals surface area (Å²) in [7, 11) is 0. The summed E-state index contributed by atoms with van der Waals surface area (Å²) in [6.07, 6.45) is 0. The number of halogens is 1. The monoisotopic (exact) mass is 267 g/mol. The molecule has 20 heavy (non-hydrogen) atoms. The average Bonchev–Trinajstić information content (AvgIpc) is 2.42. The van der Waals surface area contributed by atoms with Gasteiger partial charge in [-0.05, 0) is 37.3 Å². The van der Waals surface area contributed by atoms with E-state index in [1.807, 2.05) is 37.3 Å². The number of anilines is 3. The Kier molecular flexibility index (Phi) is 2.99. The number of nitrogens with zero attached hydrogens (tertiary/aromatic N) is 1. The number of pyridine rings is 1. The Morgan fingerprint density at radius 3 is 2.70 bits per heavy atom. The van der Waals surface area contributed by atoms with Crippen LogP contribution in [-0.4, -0.2) is 4.98 Å². The second kappa shape index (κ2) is 4.81. The smallest absolute Gasteiger partial charge is 0.125 e. The molecule has 0 fully saturated rings. The van der Waals surface area contributed by atoms with Crippen LogP contribution in [0.15, 0.2) is 48.5 Å². The number of hydrogen-bond acceptors (Lipinski definition) is 3. The molecule has 100 valence electrons. The van der Waals surface area contributed by atoms with Crippen molar-refractivity contribution in [1.29, 1.82) is 0 Å². The third-order valence-corrected chi connectivity index (χ3v) is 3.14. The summed E-state index contributed by atoms with van der Waals surface area (Å²) in [5.41, 5.74) is 9.53. The van der Waals surface area contributed by atoms with E-state index in [0.717, 1.165) is 22.3 Å². The number of aryl methyl sites for hydroxylation is 1. The first-order chi connectivity index (χ1) is 9.63. The van der Waals surface area contributed by atoms with E-state index in [1.54, 1.807) is 6.07 Å². The highest BCUT2D eigenvalue weighted by Gasteiger charge is 2.06. The summed E-state index contributed by atoms with van der Waals surface area (Å²) in [5.74, 6) is -0.347. The van der Waals surface area contributed by atoms with Crippen LogP contribution in [0.3, 0.4) is 0 Å². The van der Waals surface area contributed by atoms with Crippen molar-refractivity contribution in [2.24, 2.45) is 0 Å². The zero-order valence-electron chi connectivity index (χ0n) is 11.0. The number of hydrogen-bond donors (Lipinski definition) is 2. The van der Waals surface area contributed by atoms with E-state index in [1.165, 1.54) is 12.1 Å². The van der Waals surface area contributed by atoms with E-state index in [-0.39, 0.29) is 5.82 Å². The molecule has 3 rings (SSSR count). The molecule has 0 saturated carbocycles. The SMILES string of the molecule is Cc1ccc2cccc(Nc3ccc(F)cc3N)c2n1. The molecule has 0 atom stereocenters. The molecule has 3 nitrogen and oxygen atoms in total. The molecule has 0 aliphatic rings. The van der Waals surface area contributed by atoms with Gasteiger partial charge in [-0.1, -0.05) is 18.2 Å². The third-order valence-electron chi connectivity index (χ3n) is 3.14. The highest BCUT2D eigenvalue weighted by molar-refractivity contribution is 5.93. The average molecular weight is 267 g/mol. The van der Waals surface area contributed by atoms with Gasteiger partial charge in [-0.3, -0.25) is 4.98 Å². The van der Waals surface area contributed by atoms with Crippen molar-refractivity contribution in [3.63, 3.8) is 0 Å². The van der Waals surface area contributed by atoms with Crippen LogP contribution < -0.4 is 11.1 Å². The van der Waals surface area contributed by atoms with Gasteiger partial charge in [0.1, 0.15) is 5.82 Å². The lowest BCUT2D eigenvalue weighted by atomic mass is 10.1. The van der Waals surface area contributed by atoms with E-state index in [9.17, 15) is 4.39 Å². The van der Waals surface area contributed by atoms with E-state index in [2.05, 4.69) is 10.3 Å². The van der Waals surface area contributed by atoms with Crippen LogP contribution in [0.1, 0.15) is 5.69 Å². The molecule has 0 aliphatic carbocycles. The molecule has 0 bridgehead atoms. The maximum atomic E-state index is 13.1. The topological polar surface area (TPSA) is 50.9 Å². The lowest BCUT2D eigenvalue weighted by Crippen LogP contribution is -1.98. The number of benzene rings is 2. The molecule has 0 saturated heterocycles. The Labute approximate surface area is 116 Å². The first-order valence-electron chi connectivity index (χ1n) is 6.32. The summed E-state index contributed by atoms with van der Waals surface area (Å²) >= 11 is 0. The Hall–Kier alpha value is -2.62. The fourth-order valence-corrected chi connectivity index (χ4v) is 2.14. The molecule has 0 radical (unpaired) electrons. The number of aromatic nitrogens is 1. The number of nitrogens with one attached hydrogen (secondary N) is 1. The second-order valence-corrected chi connectivity index (χ2v) is 4.69. The molecular formula is C16H14FN3. The Bertz CT molecular complexity index is 784. The lowest BCUT2D eigenvalue weighted by molar-refractivity contribution is 0.628. The van der Waals surface area contributed by atoms with Crippen molar-refractivity contribution < 1.29 is 4.39 Å². The molecule has 1 aromatic heterocycles. The zero-order chi connectivity index (χ0) is 14.1. The predicted octanol–water partition coefficient (Wildman–Crippen LogP) is 4.01. The molecule has 0 amide bonds. The van der Waals surface area contributed by atoms with Crippen LogP contribution in [0, 0.1) is 12.7 Å². The van der Waals surface area contributed by atoms with Crippen molar-refractivity contribution in [1.82, 2.24) is 4.98 Å². The summed E-state index contributed by atoms with van der Waals surface area (Å²) < 4.78 is 13.1. The third kappa shape index (κ3) is 2.28. The summed E-state index contributed by atoms with van der Waals surface area (Å²) in [5, 5.41) is 4.26. The first-order valence-corrected chi connectivity index (χ1v) is 6.32. The fraction of sp³-hybridized carbons (Fsp3) is 0.0625. The molecule has 2 aromatic carbocycles. The van der Waals surface area contributed by atoms with Crippen molar-refractivity contribution in [2.75, 3.05) is 11.1 Å². The van der Waals surface area contributed by atoms with Gasteiger partial charge in [-0.15, -0.1) is 0 Å². The normalized spacial score (nSPS) is 10.7. The van der Waals surface area contributed by atoms with E-state index >= 15 is 0 Å². The van der Waals surface area contributed by atoms with Gasteiger partial charge in [0.05, 0.1) is 22.6 Å². The summed E-state index contributed by atoms with van der Waals surface area (Å²) in [6, 6.07) is 14.2. The molecule has 4 heteroatoms. The van der Waals surface area contributed by atoms with Crippen molar-refractivity contribution in [3.05, 3.63) is 60.0 Å². The largest absolute Gasteiger partial charge is 0.397 e. The molecule has 0 aliphatic heterocycles.